The Balaban J connectivity index is 2.11. The first-order chi connectivity index (χ1) is 9.60. The molecule has 2 aromatic rings. The highest BCUT2D eigenvalue weighted by molar-refractivity contribution is 5.58. The van der Waals surface area contributed by atoms with E-state index in [-0.39, 0.29) is 0 Å². The fourth-order valence-corrected chi connectivity index (χ4v) is 2.45. The van der Waals surface area contributed by atoms with Crippen molar-refractivity contribution < 1.29 is 4.52 Å². The molecule has 0 fully saturated rings. The normalized spacial score (nSPS) is 12.8. The fraction of sp³-hybridized carbons (Fsp3) is 0.500. The number of benzene rings is 1. The maximum atomic E-state index is 5.82. The summed E-state index contributed by atoms with van der Waals surface area (Å²) in [6.07, 6.45) is 1.84. The van der Waals surface area contributed by atoms with Gasteiger partial charge in [-0.3, -0.25) is 0 Å². The van der Waals surface area contributed by atoms with Gasteiger partial charge in [-0.25, -0.2) is 0 Å². The molecule has 4 nitrogen and oxygen atoms in total. The zero-order valence-corrected chi connectivity index (χ0v) is 12.5. The van der Waals surface area contributed by atoms with E-state index in [1.165, 1.54) is 0 Å². The molecule has 20 heavy (non-hydrogen) atoms. The Kier molecular flexibility index (Phi) is 4.90. The molecule has 0 bridgehead atoms. The molecular formula is C16H23N3O. The van der Waals surface area contributed by atoms with Crippen molar-refractivity contribution in [3.63, 3.8) is 0 Å². The first-order valence-electron chi connectivity index (χ1n) is 7.18. The van der Waals surface area contributed by atoms with Crippen molar-refractivity contribution in [3.8, 4) is 11.4 Å². The third kappa shape index (κ3) is 3.67. The third-order valence-corrected chi connectivity index (χ3v) is 3.46. The summed E-state index contributed by atoms with van der Waals surface area (Å²) < 4.78 is 5.37. The number of hydrogen-bond donors (Lipinski definition) is 1. The second kappa shape index (κ2) is 6.66. The minimum atomic E-state index is 0.403. The number of hydrogen-bond acceptors (Lipinski definition) is 4. The van der Waals surface area contributed by atoms with E-state index in [9.17, 15) is 0 Å². The average Bonchev–Trinajstić information content (AvgIpc) is 2.86. The molecule has 0 aliphatic rings. The molecule has 1 aromatic heterocycles. The SMILES string of the molecule is Cc1ccccc1-c1noc(CC(CN)CC(C)C)n1. The molecule has 2 rings (SSSR count). The van der Waals surface area contributed by atoms with Crippen molar-refractivity contribution in [1.82, 2.24) is 10.1 Å². The monoisotopic (exact) mass is 273 g/mol. The van der Waals surface area contributed by atoms with Crippen LogP contribution in [-0.2, 0) is 6.42 Å². The van der Waals surface area contributed by atoms with Crippen LogP contribution in [0.3, 0.4) is 0 Å². The van der Waals surface area contributed by atoms with E-state index in [4.69, 9.17) is 10.3 Å². The maximum absolute atomic E-state index is 5.82. The van der Waals surface area contributed by atoms with Gasteiger partial charge < -0.3 is 10.3 Å². The van der Waals surface area contributed by atoms with Crippen molar-refractivity contribution in [2.24, 2.45) is 17.6 Å². The number of nitrogens with two attached hydrogens (primary N) is 1. The number of aromatic nitrogens is 2. The zero-order valence-electron chi connectivity index (χ0n) is 12.5. The average molecular weight is 273 g/mol. The van der Waals surface area contributed by atoms with Crippen LogP contribution < -0.4 is 5.73 Å². The largest absolute Gasteiger partial charge is 0.339 e. The van der Waals surface area contributed by atoms with Gasteiger partial charge >= 0.3 is 0 Å². The summed E-state index contributed by atoms with van der Waals surface area (Å²) in [6.45, 7) is 7.11. The molecule has 0 aliphatic heterocycles. The van der Waals surface area contributed by atoms with E-state index >= 15 is 0 Å². The molecule has 1 aromatic carbocycles. The summed E-state index contributed by atoms with van der Waals surface area (Å²) in [5, 5.41) is 4.09. The minimum absolute atomic E-state index is 0.403. The topological polar surface area (TPSA) is 64.9 Å². The van der Waals surface area contributed by atoms with Gasteiger partial charge in [0.15, 0.2) is 0 Å². The van der Waals surface area contributed by atoms with Crippen LogP contribution in [0.4, 0.5) is 0 Å². The van der Waals surface area contributed by atoms with Crippen LogP contribution in [-0.4, -0.2) is 16.7 Å². The van der Waals surface area contributed by atoms with E-state index in [2.05, 4.69) is 24.0 Å². The van der Waals surface area contributed by atoms with Gasteiger partial charge in [-0.1, -0.05) is 43.3 Å². The highest BCUT2D eigenvalue weighted by Crippen LogP contribution is 2.21. The van der Waals surface area contributed by atoms with Crippen molar-refractivity contribution in [1.29, 1.82) is 0 Å². The molecule has 1 unspecified atom stereocenters. The molecule has 0 amide bonds. The van der Waals surface area contributed by atoms with Gasteiger partial charge in [-0.2, -0.15) is 4.98 Å². The van der Waals surface area contributed by atoms with Crippen LogP contribution >= 0.6 is 0 Å². The first kappa shape index (κ1) is 14.7. The quantitative estimate of drug-likeness (QED) is 0.877. The summed E-state index contributed by atoms with van der Waals surface area (Å²) in [5.41, 5.74) is 8.00. The van der Waals surface area contributed by atoms with E-state index in [0.29, 0.717) is 30.1 Å². The molecular weight excluding hydrogens is 250 g/mol. The van der Waals surface area contributed by atoms with Crippen molar-refractivity contribution in [2.75, 3.05) is 6.54 Å². The summed E-state index contributed by atoms with van der Waals surface area (Å²) in [5.74, 6) is 2.38. The molecule has 1 heterocycles. The van der Waals surface area contributed by atoms with Crippen LogP contribution in [0, 0.1) is 18.8 Å². The van der Waals surface area contributed by atoms with Gasteiger partial charge in [0.05, 0.1) is 0 Å². The summed E-state index contributed by atoms with van der Waals surface area (Å²) >= 11 is 0. The zero-order chi connectivity index (χ0) is 14.5. The Morgan fingerprint density at radius 1 is 1.25 bits per heavy atom. The second-order valence-electron chi connectivity index (χ2n) is 5.76. The molecule has 0 saturated heterocycles. The third-order valence-electron chi connectivity index (χ3n) is 3.46. The molecule has 0 aliphatic carbocycles. The minimum Gasteiger partial charge on any atom is -0.339 e. The van der Waals surface area contributed by atoms with Crippen LogP contribution in [0.1, 0.15) is 31.7 Å². The molecule has 108 valence electrons. The van der Waals surface area contributed by atoms with E-state index in [1.807, 2.05) is 31.2 Å². The Morgan fingerprint density at radius 3 is 2.65 bits per heavy atom. The molecule has 0 saturated carbocycles. The van der Waals surface area contributed by atoms with E-state index < -0.39 is 0 Å². The molecule has 0 spiro atoms. The smallest absolute Gasteiger partial charge is 0.227 e. The predicted molar refractivity (Wildman–Crippen MR) is 80.2 cm³/mol. The highest BCUT2D eigenvalue weighted by atomic mass is 16.5. The number of aryl methyl sites for hydroxylation is 1. The van der Waals surface area contributed by atoms with Crippen molar-refractivity contribution in [3.05, 3.63) is 35.7 Å². The lowest BCUT2D eigenvalue weighted by Crippen LogP contribution is -2.19. The van der Waals surface area contributed by atoms with Crippen LogP contribution in [0.25, 0.3) is 11.4 Å². The Hall–Kier alpha value is -1.68. The van der Waals surface area contributed by atoms with Gasteiger partial charge in [0.25, 0.3) is 0 Å². The molecule has 1 atom stereocenters. The van der Waals surface area contributed by atoms with E-state index in [1.54, 1.807) is 0 Å². The Labute approximate surface area is 120 Å². The molecule has 0 radical (unpaired) electrons. The summed E-state index contributed by atoms with van der Waals surface area (Å²) in [4.78, 5) is 4.50. The van der Waals surface area contributed by atoms with Crippen LogP contribution in [0.5, 0.6) is 0 Å². The van der Waals surface area contributed by atoms with Gasteiger partial charge in [0.1, 0.15) is 0 Å². The van der Waals surface area contributed by atoms with Crippen molar-refractivity contribution in [2.45, 2.75) is 33.6 Å². The highest BCUT2D eigenvalue weighted by Gasteiger charge is 2.16. The Bertz CT molecular complexity index is 548. The first-order valence-corrected chi connectivity index (χ1v) is 7.18. The van der Waals surface area contributed by atoms with E-state index in [0.717, 1.165) is 24.0 Å². The summed E-state index contributed by atoms with van der Waals surface area (Å²) in [6, 6.07) is 8.05. The fourth-order valence-electron chi connectivity index (χ4n) is 2.45. The molecule has 2 N–H and O–H groups in total. The van der Waals surface area contributed by atoms with Crippen LogP contribution in [0.15, 0.2) is 28.8 Å². The second-order valence-corrected chi connectivity index (χ2v) is 5.76. The lowest BCUT2D eigenvalue weighted by molar-refractivity contribution is 0.332. The number of rotatable bonds is 6. The van der Waals surface area contributed by atoms with Gasteiger partial charge in [-0.15, -0.1) is 0 Å². The van der Waals surface area contributed by atoms with Crippen LogP contribution in [0.2, 0.25) is 0 Å². The predicted octanol–water partition coefficient (Wildman–Crippen LogP) is 3.21. The lowest BCUT2D eigenvalue weighted by Gasteiger charge is -2.14. The van der Waals surface area contributed by atoms with Crippen molar-refractivity contribution >= 4 is 0 Å². The number of nitrogens with zero attached hydrogens (tertiary/aromatic N) is 2. The Morgan fingerprint density at radius 2 is 2.00 bits per heavy atom. The molecule has 4 heteroatoms. The maximum Gasteiger partial charge on any atom is 0.227 e. The lowest BCUT2D eigenvalue weighted by atomic mass is 9.94. The van der Waals surface area contributed by atoms with Gasteiger partial charge in [-0.05, 0) is 37.3 Å². The standard InChI is InChI=1S/C16H23N3O/c1-11(2)8-13(10-17)9-15-18-16(19-20-15)14-7-5-4-6-12(14)3/h4-7,11,13H,8-10,17H2,1-3H3. The van der Waals surface area contributed by atoms with Gasteiger partial charge in [0.2, 0.25) is 11.7 Å². The van der Waals surface area contributed by atoms with Gasteiger partial charge in [0, 0.05) is 12.0 Å². The summed E-state index contributed by atoms with van der Waals surface area (Å²) in [7, 11) is 0.